The lowest BCUT2D eigenvalue weighted by Crippen LogP contribution is -2.11. The monoisotopic (exact) mass is 425 g/mol. The van der Waals surface area contributed by atoms with E-state index in [-0.39, 0.29) is 17.5 Å². The highest BCUT2D eigenvalue weighted by Gasteiger charge is 2.31. The number of nitrogens with zero attached hydrogens (tertiary/aromatic N) is 2. The van der Waals surface area contributed by atoms with Gasteiger partial charge in [-0.05, 0) is 50.1 Å². The number of benzene rings is 1. The minimum atomic E-state index is -4.43. The molecule has 0 spiro atoms. The van der Waals surface area contributed by atoms with Crippen molar-refractivity contribution in [2.24, 2.45) is 5.84 Å². The van der Waals surface area contributed by atoms with Crippen LogP contribution in [0.15, 0.2) is 33.3 Å². The molecule has 10 heteroatoms. The maximum Gasteiger partial charge on any atom is 0.416 e. The molecule has 0 aliphatic heterocycles. The van der Waals surface area contributed by atoms with E-state index in [2.05, 4.69) is 52.6 Å². The van der Waals surface area contributed by atoms with E-state index < -0.39 is 11.7 Å². The van der Waals surface area contributed by atoms with Crippen molar-refractivity contribution in [1.82, 2.24) is 9.97 Å². The van der Waals surface area contributed by atoms with Crippen molar-refractivity contribution in [3.63, 3.8) is 0 Å². The van der Waals surface area contributed by atoms with E-state index in [1.807, 2.05) is 0 Å². The van der Waals surface area contributed by atoms with Crippen LogP contribution < -0.4 is 16.6 Å². The van der Waals surface area contributed by atoms with E-state index in [9.17, 15) is 13.2 Å². The minimum absolute atomic E-state index is 0.129. The molecule has 0 saturated carbocycles. The summed E-state index contributed by atoms with van der Waals surface area (Å²) in [5, 5.41) is 2.79. The molecule has 5 nitrogen and oxygen atoms in total. The van der Waals surface area contributed by atoms with Crippen LogP contribution in [0.1, 0.15) is 5.56 Å². The molecule has 0 bridgehead atoms. The van der Waals surface area contributed by atoms with E-state index in [1.165, 1.54) is 12.3 Å². The zero-order chi connectivity index (χ0) is 15.6. The molecule has 0 amide bonds. The van der Waals surface area contributed by atoms with Crippen molar-refractivity contribution in [2.75, 3.05) is 10.7 Å². The molecule has 2 rings (SSSR count). The highest BCUT2D eigenvalue weighted by Crippen LogP contribution is 2.35. The Bertz CT molecular complexity index is 663. The summed E-state index contributed by atoms with van der Waals surface area (Å²) in [6.07, 6.45) is -3.00. The summed E-state index contributed by atoms with van der Waals surface area (Å²) < 4.78 is 39.1. The van der Waals surface area contributed by atoms with Crippen LogP contribution >= 0.6 is 31.9 Å². The van der Waals surface area contributed by atoms with E-state index >= 15 is 0 Å². The summed E-state index contributed by atoms with van der Waals surface area (Å²) in [5.41, 5.74) is 1.70. The number of halogens is 5. The third-order valence-corrected chi connectivity index (χ3v) is 3.69. The molecule has 0 fully saturated rings. The Kier molecular flexibility index (Phi) is 4.69. The van der Waals surface area contributed by atoms with E-state index in [4.69, 9.17) is 5.84 Å². The first-order chi connectivity index (χ1) is 9.81. The van der Waals surface area contributed by atoms with Crippen LogP contribution in [0.3, 0.4) is 0 Å². The van der Waals surface area contributed by atoms with Gasteiger partial charge in [0.25, 0.3) is 0 Å². The summed E-state index contributed by atoms with van der Waals surface area (Å²) in [6.45, 7) is 0. The van der Waals surface area contributed by atoms with Crippen molar-refractivity contribution in [3.8, 4) is 0 Å². The van der Waals surface area contributed by atoms with Crippen LogP contribution in [0.4, 0.5) is 30.6 Å². The van der Waals surface area contributed by atoms with Gasteiger partial charge >= 0.3 is 6.18 Å². The van der Waals surface area contributed by atoms with Crippen LogP contribution in [0.5, 0.6) is 0 Å². The molecule has 0 atom stereocenters. The van der Waals surface area contributed by atoms with Crippen molar-refractivity contribution in [2.45, 2.75) is 6.18 Å². The second-order valence-corrected chi connectivity index (χ2v) is 5.56. The van der Waals surface area contributed by atoms with Crippen LogP contribution in [-0.2, 0) is 6.18 Å². The average Bonchev–Trinajstić information content (AvgIpc) is 2.42. The van der Waals surface area contributed by atoms with Gasteiger partial charge in [-0.1, -0.05) is 0 Å². The van der Waals surface area contributed by atoms with Crippen LogP contribution in [0.25, 0.3) is 0 Å². The Balaban J connectivity index is 2.39. The molecule has 0 unspecified atom stereocenters. The van der Waals surface area contributed by atoms with Crippen molar-refractivity contribution >= 4 is 49.3 Å². The fourth-order valence-electron chi connectivity index (χ4n) is 1.45. The second kappa shape index (κ2) is 6.16. The zero-order valence-corrected chi connectivity index (χ0v) is 13.3. The maximum absolute atomic E-state index is 12.7. The van der Waals surface area contributed by atoms with Crippen molar-refractivity contribution in [3.05, 3.63) is 38.9 Å². The number of anilines is 3. The van der Waals surface area contributed by atoms with Gasteiger partial charge < -0.3 is 5.32 Å². The lowest BCUT2D eigenvalue weighted by atomic mass is 10.2. The quantitative estimate of drug-likeness (QED) is 0.510. The number of nitrogen functional groups attached to an aromatic ring is 1. The highest BCUT2D eigenvalue weighted by molar-refractivity contribution is 9.11. The number of rotatable bonds is 3. The van der Waals surface area contributed by atoms with Gasteiger partial charge in [-0.25, -0.2) is 10.8 Å². The highest BCUT2D eigenvalue weighted by atomic mass is 79.9. The topological polar surface area (TPSA) is 75.9 Å². The molecule has 0 aliphatic rings. The number of hydrogen-bond acceptors (Lipinski definition) is 5. The molecular formula is C11H8Br2F3N5. The van der Waals surface area contributed by atoms with Crippen molar-refractivity contribution in [1.29, 1.82) is 0 Å². The van der Waals surface area contributed by atoms with Crippen molar-refractivity contribution < 1.29 is 13.2 Å². The molecule has 1 aromatic heterocycles. The Morgan fingerprint density at radius 1 is 1.14 bits per heavy atom. The lowest BCUT2D eigenvalue weighted by molar-refractivity contribution is -0.137. The van der Waals surface area contributed by atoms with Gasteiger partial charge in [-0.2, -0.15) is 18.2 Å². The number of alkyl halides is 3. The lowest BCUT2D eigenvalue weighted by Gasteiger charge is -2.13. The first-order valence-electron chi connectivity index (χ1n) is 5.44. The molecule has 1 aromatic carbocycles. The summed E-state index contributed by atoms with van der Waals surface area (Å²) >= 11 is 6.39. The minimum Gasteiger partial charge on any atom is -0.338 e. The standard InChI is InChI=1S/C11H8Br2F3N5/c12-6-2-1-5(11(14,15)16)3-8(6)19-9-7(13)4-18-10(20-9)21-17/h1-4H,17H2,(H2,18,19,20,21). The fourth-order valence-corrected chi connectivity index (χ4v) is 2.09. The largest absolute Gasteiger partial charge is 0.416 e. The molecule has 0 saturated heterocycles. The summed E-state index contributed by atoms with van der Waals surface area (Å²) in [5.74, 6) is 5.60. The Morgan fingerprint density at radius 3 is 2.48 bits per heavy atom. The fraction of sp³-hybridized carbons (Fsp3) is 0.0909. The number of aromatic nitrogens is 2. The van der Waals surface area contributed by atoms with Gasteiger partial charge in [0.1, 0.15) is 5.82 Å². The first-order valence-corrected chi connectivity index (χ1v) is 7.03. The summed E-state index contributed by atoms with van der Waals surface area (Å²) in [7, 11) is 0. The van der Waals surface area contributed by atoms with Gasteiger partial charge in [0.05, 0.1) is 15.7 Å². The number of nitrogens with one attached hydrogen (secondary N) is 2. The Hall–Kier alpha value is -1.39. The first kappa shape index (κ1) is 16.0. The van der Waals surface area contributed by atoms with Gasteiger partial charge in [0, 0.05) is 10.7 Å². The smallest absolute Gasteiger partial charge is 0.338 e. The van der Waals surface area contributed by atoms with Crippen LogP contribution in [-0.4, -0.2) is 9.97 Å². The van der Waals surface area contributed by atoms with Gasteiger partial charge in [0.15, 0.2) is 0 Å². The summed E-state index contributed by atoms with van der Waals surface area (Å²) in [4.78, 5) is 7.86. The second-order valence-electron chi connectivity index (χ2n) is 3.85. The molecule has 2 aromatic rings. The van der Waals surface area contributed by atoms with Gasteiger partial charge in [-0.3, -0.25) is 5.43 Å². The molecule has 21 heavy (non-hydrogen) atoms. The van der Waals surface area contributed by atoms with E-state index in [0.29, 0.717) is 8.95 Å². The predicted molar refractivity (Wildman–Crippen MR) is 80.0 cm³/mol. The third-order valence-electron chi connectivity index (χ3n) is 2.42. The van der Waals surface area contributed by atoms with E-state index in [0.717, 1.165) is 12.1 Å². The predicted octanol–water partition coefficient (Wildman–Crippen LogP) is 4.05. The zero-order valence-electron chi connectivity index (χ0n) is 10.2. The number of hydrogen-bond donors (Lipinski definition) is 3. The molecule has 1 heterocycles. The Morgan fingerprint density at radius 2 is 1.86 bits per heavy atom. The van der Waals surface area contributed by atoms with Gasteiger partial charge in [0.2, 0.25) is 5.95 Å². The van der Waals surface area contributed by atoms with Crippen LogP contribution in [0.2, 0.25) is 0 Å². The summed E-state index contributed by atoms with van der Waals surface area (Å²) in [6, 6.07) is 3.27. The molecular weight excluding hydrogens is 419 g/mol. The number of nitrogens with two attached hydrogens (primary N) is 1. The SMILES string of the molecule is NNc1ncc(Br)c(Nc2cc(C(F)(F)F)ccc2Br)n1. The molecule has 4 N–H and O–H groups in total. The number of hydrazine groups is 1. The van der Waals surface area contributed by atoms with E-state index in [1.54, 1.807) is 0 Å². The van der Waals surface area contributed by atoms with Crippen LogP contribution in [0, 0.1) is 0 Å². The third kappa shape index (κ3) is 3.83. The molecule has 112 valence electrons. The Labute approximate surface area is 134 Å². The van der Waals surface area contributed by atoms with Gasteiger partial charge in [-0.15, -0.1) is 0 Å². The average molecular weight is 427 g/mol. The molecule has 0 radical (unpaired) electrons. The normalized spacial score (nSPS) is 11.3. The maximum atomic E-state index is 12.7. The molecule has 0 aliphatic carbocycles.